The average Bonchev–Trinajstić information content (AvgIpc) is 2.63. The summed E-state index contributed by atoms with van der Waals surface area (Å²) in [4.78, 5) is 25.4. The van der Waals surface area contributed by atoms with E-state index >= 15 is 0 Å². The summed E-state index contributed by atoms with van der Waals surface area (Å²) in [6.45, 7) is 5.95. The van der Waals surface area contributed by atoms with Crippen LogP contribution < -0.4 is 10.3 Å². The fourth-order valence-corrected chi connectivity index (χ4v) is 2.44. The van der Waals surface area contributed by atoms with E-state index in [1.807, 2.05) is 12.1 Å². The van der Waals surface area contributed by atoms with Gasteiger partial charge in [0.1, 0.15) is 0 Å². The highest BCUT2D eigenvalue weighted by atomic mass is 16.4. The predicted molar refractivity (Wildman–Crippen MR) is 98.5 cm³/mol. The summed E-state index contributed by atoms with van der Waals surface area (Å²) < 4.78 is 0. The lowest BCUT2D eigenvalue weighted by Crippen LogP contribution is -2.22. The van der Waals surface area contributed by atoms with Gasteiger partial charge in [-0.2, -0.15) is 5.10 Å². The van der Waals surface area contributed by atoms with Crippen molar-refractivity contribution in [1.29, 1.82) is 0 Å². The van der Waals surface area contributed by atoms with Gasteiger partial charge in [0.25, 0.3) is 5.91 Å². The summed E-state index contributed by atoms with van der Waals surface area (Å²) >= 11 is 0. The van der Waals surface area contributed by atoms with Crippen LogP contribution in [0.5, 0.6) is 0 Å². The van der Waals surface area contributed by atoms with E-state index in [2.05, 4.69) is 29.3 Å². The summed E-state index contributed by atoms with van der Waals surface area (Å²) in [5, 5.41) is 13.0. The quantitative estimate of drug-likeness (QED) is 0.600. The molecule has 0 aliphatic rings. The minimum absolute atomic E-state index is 0.129. The Kier molecular flexibility index (Phi) is 6.28. The number of carboxylic acids is 1. The Morgan fingerprint density at radius 1 is 1.08 bits per heavy atom. The molecule has 2 rings (SSSR count). The standard InChI is InChI=1S/C19H21N3O3/c1-3-22(4-2)16-11-9-14(10-12-16)18(23)21-20-13-15-7-5-6-8-17(15)19(24)25/h5-13H,3-4H2,1-2H3,(H,21,23)(H,24,25)/b20-13-. The van der Waals surface area contributed by atoms with Crippen LogP contribution in [0.2, 0.25) is 0 Å². The second kappa shape index (κ2) is 8.63. The van der Waals surface area contributed by atoms with E-state index in [9.17, 15) is 9.59 Å². The van der Waals surface area contributed by atoms with Crippen molar-refractivity contribution in [3.63, 3.8) is 0 Å². The maximum absolute atomic E-state index is 12.1. The van der Waals surface area contributed by atoms with Crippen LogP contribution in [0.25, 0.3) is 0 Å². The molecule has 6 heteroatoms. The molecule has 0 atom stereocenters. The highest BCUT2D eigenvalue weighted by Gasteiger charge is 2.08. The molecule has 2 N–H and O–H groups in total. The average molecular weight is 339 g/mol. The van der Waals surface area contributed by atoms with E-state index in [1.165, 1.54) is 12.3 Å². The fourth-order valence-electron chi connectivity index (χ4n) is 2.44. The molecule has 0 unspecified atom stereocenters. The van der Waals surface area contributed by atoms with Crippen molar-refractivity contribution in [3.05, 3.63) is 65.2 Å². The van der Waals surface area contributed by atoms with Gasteiger partial charge in [0.05, 0.1) is 11.8 Å². The Bertz CT molecular complexity index is 766. The number of hydrazone groups is 1. The lowest BCUT2D eigenvalue weighted by molar-refractivity contribution is 0.0696. The van der Waals surface area contributed by atoms with Gasteiger partial charge in [0.15, 0.2) is 0 Å². The van der Waals surface area contributed by atoms with E-state index in [-0.39, 0.29) is 11.5 Å². The van der Waals surface area contributed by atoms with Crippen LogP contribution in [-0.4, -0.2) is 36.3 Å². The summed E-state index contributed by atoms with van der Waals surface area (Å²) in [6.07, 6.45) is 1.33. The Labute approximate surface area is 146 Å². The zero-order valence-electron chi connectivity index (χ0n) is 14.3. The van der Waals surface area contributed by atoms with Gasteiger partial charge in [-0.25, -0.2) is 10.2 Å². The molecule has 0 heterocycles. The Morgan fingerprint density at radius 2 is 1.72 bits per heavy atom. The van der Waals surface area contributed by atoms with Gasteiger partial charge >= 0.3 is 5.97 Å². The molecular formula is C19H21N3O3. The number of rotatable bonds is 7. The molecule has 2 aromatic rings. The van der Waals surface area contributed by atoms with Crippen molar-refractivity contribution < 1.29 is 14.7 Å². The molecule has 1 amide bonds. The molecule has 0 saturated heterocycles. The number of carbonyl (C=O) groups is 2. The van der Waals surface area contributed by atoms with Crippen molar-refractivity contribution in [3.8, 4) is 0 Å². The monoisotopic (exact) mass is 339 g/mol. The molecule has 0 bridgehead atoms. The van der Waals surface area contributed by atoms with Gasteiger partial charge in [-0.1, -0.05) is 18.2 Å². The Morgan fingerprint density at radius 3 is 2.32 bits per heavy atom. The third kappa shape index (κ3) is 4.67. The van der Waals surface area contributed by atoms with Crippen LogP contribution in [0.1, 0.15) is 40.1 Å². The predicted octanol–water partition coefficient (Wildman–Crippen LogP) is 2.99. The zero-order chi connectivity index (χ0) is 18.2. The molecule has 2 aromatic carbocycles. The van der Waals surface area contributed by atoms with Crippen LogP contribution >= 0.6 is 0 Å². The normalized spacial score (nSPS) is 10.6. The molecule has 0 aliphatic carbocycles. The highest BCUT2D eigenvalue weighted by Crippen LogP contribution is 2.14. The van der Waals surface area contributed by atoms with Gasteiger partial charge in [0.2, 0.25) is 0 Å². The number of nitrogens with one attached hydrogen (secondary N) is 1. The molecule has 6 nitrogen and oxygen atoms in total. The topological polar surface area (TPSA) is 82.0 Å². The van der Waals surface area contributed by atoms with Crippen molar-refractivity contribution >= 4 is 23.8 Å². The molecular weight excluding hydrogens is 318 g/mol. The van der Waals surface area contributed by atoms with Crippen molar-refractivity contribution in [1.82, 2.24) is 5.43 Å². The fraction of sp³-hybridized carbons (Fsp3) is 0.211. The minimum atomic E-state index is -1.04. The van der Waals surface area contributed by atoms with Crippen LogP contribution in [0.4, 0.5) is 5.69 Å². The first-order valence-electron chi connectivity index (χ1n) is 8.07. The summed E-state index contributed by atoms with van der Waals surface area (Å²) in [7, 11) is 0. The second-order valence-electron chi connectivity index (χ2n) is 5.31. The molecule has 0 spiro atoms. The Balaban J connectivity index is 2.04. The number of nitrogens with zero attached hydrogens (tertiary/aromatic N) is 2. The van der Waals surface area contributed by atoms with Crippen molar-refractivity contribution in [2.24, 2.45) is 5.10 Å². The Hall–Kier alpha value is -3.15. The van der Waals surface area contributed by atoms with Gasteiger partial charge in [-0.15, -0.1) is 0 Å². The van der Waals surface area contributed by atoms with Crippen molar-refractivity contribution in [2.75, 3.05) is 18.0 Å². The molecule has 0 aliphatic heterocycles. The van der Waals surface area contributed by atoms with Gasteiger partial charge in [-0.3, -0.25) is 4.79 Å². The van der Waals surface area contributed by atoms with Gasteiger partial charge < -0.3 is 10.0 Å². The zero-order valence-corrected chi connectivity index (χ0v) is 14.3. The van der Waals surface area contributed by atoms with Crippen LogP contribution in [0.3, 0.4) is 0 Å². The van der Waals surface area contributed by atoms with Crippen LogP contribution in [0.15, 0.2) is 53.6 Å². The number of carboxylic acid groups (broad SMARTS) is 1. The van der Waals surface area contributed by atoms with E-state index in [1.54, 1.807) is 30.3 Å². The van der Waals surface area contributed by atoms with E-state index in [0.29, 0.717) is 11.1 Å². The molecule has 0 saturated carbocycles. The summed E-state index contributed by atoms with van der Waals surface area (Å²) in [5.74, 6) is -1.39. The lowest BCUT2D eigenvalue weighted by atomic mass is 10.1. The largest absolute Gasteiger partial charge is 0.478 e. The number of hydrogen-bond acceptors (Lipinski definition) is 4. The lowest BCUT2D eigenvalue weighted by Gasteiger charge is -2.20. The molecule has 0 radical (unpaired) electrons. The highest BCUT2D eigenvalue weighted by molar-refractivity contribution is 5.99. The first-order valence-corrected chi connectivity index (χ1v) is 8.07. The summed E-state index contributed by atoms with van der Waals surface area (Å²) in [5.41, 5.74) is 4.51. The van der Waals surface area contributed by atoms with E-state index in [0.717, 1.165) is 18.8 Å². The molecule has 130 valence electrons. The van der Waals surface area contributed by atoms with Gasteiger partial charge in [-0.05, 0) is 44.2 Å². The van der Waals surface area contributed by atoms with Gasteiger partial charge in [0, 0.05) is 29.9 Å². The number of benzene rings is 2. The second-order valence-corrected chi connectivity index (χ2v) is 5.31. The van der Waals surface area contributed by atoms with Crippen LogP contribution in [-0.2, 0) is 0 Å². The number of hydrogen-bond donors (Lipinski definition) is 2. The molecule has 0 fully saturated rings. The van der Waals surface area contributed by atoms with E-state index < -0.39 is 5.97 Å². The molecule has 25 heavy (non-hydrogen) atoms. The number of carbonyl (C=O) groups excluding carboxylic acids is 1. The maximum atomic E-state index is 12.1. The maximum Gasteiger partial charge on any atom is 0.336 e. The number of aromatic carboxylic acids is 1. The van der Waals surface area contributed by atoms with Crippen LogP contribution in [0, 0.1) is 0 Å². The third-order valence-electron chi connectivity index (χ3n) is 3.82. The summed E-state index contributed by atoms with van der Waals surface area (Å²) in [6, 6.07) is 13.7. The molecule has 0 aromatic heterocycles. The smallest absolute Gasteiger partial charge is 0.336 e. The minimum Gasteiger partial charge on any atom is -0.478 e. The first-order chi connectivity index (χ1) is 12.1. The van der Waals surface area contributed by atoms with Crippen molar-refractivity contribution in [2.45, 2.75) is 13.8 Å². The third-order valence-corrected chi connectivity index (χ3v) is 3.82. The van der Waals surface area contributed by atoms with E-state index in [4.69, 9.17) is 5.11 Å². The number of amides is 1. The number of anilines is 1. The first kappa shape index (κ1) is 18.2. The SMILES string of the molecule is CCN(CC)c1ccc(C(=O)N/N=C\c2ccccc2C(=O)O)cc1.